The van der Waals surface area contributed by atoms with Crippen LogP contribution in [0.4, 0.5) is 0 Å². The Balaban J connectivity index is 0.00000242. The molecule has 2 heterocycles. The van der Waals surface area contributed by atoms with Crippen LogP contribution in [-0.4, -0.2) is 43.8 Å². The molecule has 0 aromatic carbocycles. The van der Waals surface area contributed by atoms with Crippen molar-refractivity contribution in [3.8, 4) is 0 Å². The van der Waals surface area contributed by atoms with Crippen molar-refractivity contribution in [2.75, 3.05) is 13.6 Å². The van der Waals surface area contributed by atoms with Gasteiger partial charge in [0.25, 0.3) is 0 Å². The van der Waals surface area contributed by atoms with Crippen LogP contribution in [-0.2, 0) is 27.2 Å². The van der Waals surface area contributed by atoms with Gasteiger partial charge in [0.15, 0.2) is 11.8 Å². The summed E-state index contributed by atoms with van der Waals surface area (Å²) in [7, 11) is 6.00. The zero-order valence-electron chi connectivity index (χ0n) is 13.5. The van der Waals surface area contributed by atoms with E-state index in [2.05, 4.69) is 43.0 Å². The van der Waals surface area contributed by atoms with Gasteiger partial charge in [-0.2, -0.15) is 0 Å². The minimum absolute atomic E-state index is 0. The number of nitrogens with zero attached hydrogens (tertiary/aromatic N) is 6. The van der Waals surface area contributed by atoms with E-state index in [0.717, 1.165) is 24.9 Å². The SMILES string of the molecule is CCNC(=NCc1nncn1C)N(C)Cc1cccn1C.I. The van der Waals surface area contributed by atoms with Crippen LogP contribution in [0.1, 0.15) is 18.4 Å². The van der Waals surface area contributed by atoms with Gasteiger partial charge < -0.3 is 19.4 Å². The Labute approximate surface area is 148 Å². The average molecular weight is 417 g/mol. The van der Waals surface area contributed by atoms with Crippen molar-refractivity contribution in [3.63, 3.8) is 0 Å². The van der Waals surface area contributed by atoms with Gasteiger partial charge in [0.1, 0.15) is 12.9 Å². The van der Waals surface area contributed by atoms with Crippen LogP contribution in [0, 0.1) is 0 Å². The molecule has 8 heteroatoms. The molecule has 0 bridgehead atoms. The summed E-state index contributed by atoms with van der Waals surface area (Å²) in [6.07, 6.45) is 3.73. The van der Waals surface area contributed by atoms with Crippen molar-refractivity contribution in [1.82, 2.24) is 29.5 Å². The van der Waals surface area contributed by atoms with E-state index in [1.54, 1.807) is 6.33 Å². The van der Waals surface area contributed by atoms with E-state index in [9.17, 15) is 0 Å². The summed E-state index contributed by atoms with van der Waals surface area (Å²) >= 11 is 0. The number of hydrogen-bond donors (Lipinski definition) is 1. The maximum absolute atomic E-state index is 4.63. The highest BCUT2D eigenvalue weighted by molar-refractivity contribution is 14.0. The second-order valence-electron chi connectivity index (χ2n) is 4.99. The lowest BCUT2D eigenvalue weighted by atomic mass is 10.4. The highest BCUT2D eigenvalue weighted by atomic mass is 127. The number of nitrogens with one attached hydrogen (secondary N) is 1. The highest BCUT2D eigenvalue weighted by Crippen LogP contribution is 2.04. The zero-order chi connectivity index (χ0) is 15.2. The molecule has 0 amide bonds. The summed E-state index contributed by atoms with van der Waals surface area (Å²) in [6.45, 7) is 4.20. The van der Waals surface area contributed by atoms with Crippen LogP contribution in [0.15, 0.2) is 29.6 Å². The van der Waals surface area contributed by atoms with Crippen LogP contribution >= 0.6 is 24.0 Å². The Kier molecular flexibility index (Phi) is 7.36. The first-order chi connectivity index (χ1) is 10.1. The molecule has 2 aromatic rings. The topological polar surface area (TPSA) is 63.3 Å². The molecule has 1 N–H and O–H groups in total. The molecule has 0 saturated carbocycles. The van der Waals surface area contributed by atoms with Crippen molar-refractivity contribution in [2.45, 2.75) is 20.0 Å². The molecule has 0 unspecified atom stereocenters. The number of guanidine groups is 1. The van der Waals surface area contributed by atoms with E-state index >= 15 is 0 Å². The van der Waals surface area contributed by atoms with E-state index < -0.39 is 0 Å². The number of aryl methyl sites for hydroxylation is 2. The normalized spacial score (nSPS) is 11.2. The molecule has 22 heavy (non-hydrogen) atoms. The van der Waals surface area contributed by atoms with Crippen LogP contribution in [0.25, 0.3) is 0 Å². The Bertz CT molecular complexity index is 602. The lowest BCUT2D eigenvalue weighted by Crippen LogP contribution is -2.38. The minimum Gasteiger partial charge on any atom is -0.357 e. The summed E-state index contributed by atoms with van der Waals surface area (Å²) < 4.78 is 3.99. The van der Waals surface area contributed by atoms with Crippen molar-refractivity contribution in [3.05, 3.63) is 36.2 Å². The Morgan fingerprint density at radius 3 is 2.68 bits per heavy atom. The molecule has 0 aliphatic carbocycles. The molecule has 0 spiro atoms. The second kappa shape index (κ2) is 8.76. The third-order valence-electron chi connectivity index (χ3n) is 3.32. The molecule has 0 fully saturated rings. The van der Waals surface area contributed by atoms with E-state index in [-0.39, 0.29) is 24.0 Å². The van der Waals surface area contributed by atoms with Crippen molar-refractivity contribution < 1.29 is 0 Å². The standard InChI is InChI=1S/C14H23N7.HI/c1-5-15-14(16-9-13-18-17-11-21(13)4)20(3)10-12-7-6-8-19(12)2;/h6-8,11H,5,9-10H2,1-4H3,(H,15,16);1H. The predicted octanol–water partition coefficient (Wildman–Crippen LogP) is 1.37. The largest absolute Gasteiger partial charge is 0.357 e. The van der Waals surface area contributed by atoms with Gasteiger partial charge in [-0.15, -0.1) is 34.2 Å². The monoisotopic (exact) mass is 417 g/mol. The van der Waals surface area contributed by atoms with E-state index in [4.69, 9.17) is 0 Å². The summed E-state index contributed by atoms with van der Waals surface area (Å²) in [4.78, 5) is 6.73. The first-order valence-corrected chi connectivity index (χ1v) is 7.04. The van der Waals surface area contributed by atoms with Crippen LogP contribution in [0.2, 0.25) is 0 Å². The molecule has 0 atom stereocenters. The second-order valence-corrected chi connectivity index (χ2v) is 4.99. The van der Waals surface area contributed by atoms with Crippen molar-refractivity contribution in [2.24, 2.45) is 19.1 Å². The first kappa shape index (κ1) is 18.5. The molecular weight excluding hydrogens is 393 g/mol. The van der Waals surface area contributed by atoms with E-state index in [0.29, 0.717) is 6.54 Å². The molecule has 122 valence electrons. The van der Waals surface area contributed by atoms with Gasteiger partial charge >= 0.3 is 0 Å². The Morgan fingerprint density at radius 2 is 2.14 bits per heavy atom. The number of halogens is 1. The van der Waals surface area contributed by atoms with Crippen LogP contribution in [0.5, 0.6) is 0 Å². The molecule has 0 aliphatic heterocycles. The molecule has 0 aliphatic rings. The fourth-order valence-electron chi connectivity index (χ4n) is 2.04. The molecule has 0 saturated heterocycles. The predicted molar refractivity (Wildman–Crippen MR) is 98.1 cm³/mol. The molecule has 7 nitrogen and oxygen atoms in total. The van der Waals surface area contributed by atoms with Crippen LogP contribution in [0.3, 0.4) is 0 Å². The maximum atomic E-state index is 4.63. The zero-order valence-corrected chi connectivity index (χ0v) is 15.9. The van der Waals surface area contributed by atoms with Crippen LogP contribution < -0.4 is 5.32 Å². The fraction of sp³-hybridized carbons (Fsp3) is 0.500. The van der Waals surface area contributed by atoms with Gasteiger partial charge in [0, 0.05) is 39.6 Å². The average Bonchev–Trinajstić information content (AvgIpc) is 3.04. The quantitative estimate of drug-likeness (QED) is 0.454. The molecule has 2 rings (SSSR count). The Morgan fingerprint density at radius 1 is 1.36 bits per heavy atom. The third-order valence-corrected chi connectivity index (χ3v) is 3.32. The summed E-state index contributed by atoms with van der Waals surface area (Å²) in [5.74, 6) is 1.71. The van der Waals surface area contributed by atoms with E-state index in [1.165, 1.54) is 5.69 Å². The van der Waals surface area contributed by atoms with Gasteiger partial charge in [0.05, 0.1) is 6.54 Å². The first-order valence-electron chi connectivity index (χ1n) is 7.04. The number of hydrogen-bond acceptors (Lipinski definition) is 3. The van der Waals surface area contributed by atoms with Gasteiger partial charge in [-0.1, -0.05) is 0 Å². The van der Waals surface area contributed by atoms with Crippen molar-refractivity contribution in [1.29, 1.82) is 0 Å². The third kappa shape index (κ3) is 4.72. The van der Waals surface area contributed by atoms with Gasteiger partial charge in [-0.25, -0.2) is 4.99 Å². The summed E-state index contributed by atoms with van der Waals surface area (Å²) in [6, 6.07) is 4.16. The highest BCUT2D eigenvalue weighted by Gasteiger charge is 2.09. The van der Waals surface area contributed by atoms with Crippen molar-refractivity contribution >= 4 is 29.9 Å². The van der Waals surface area contributed by atoms with Gasteiger partial charge in [-0.3, -0.25) is 0 Å². The summed E-state index contributed by atoms with van der Waals surface area (Å²) in [5.41, 5.74) is 1.24. The lowest BCUT2D eigenvalue weighted by Gasteiger charge is -2.22. The minimum atomic E-state index is 0. The van der Waals surface area contributed by atoms with Gasteiger partial charge in [-0.05, 0) is 19.1 Å². The summed E-state index contributed by atoms with van der Waals surface area (Å²) in [5, 5.41) is 11.2. The molecule has 2 aromatic heterocycles. The number of rotatable bonds is 5. The molecule has 0 radical (unpaired) electrons. The number of aromatic nitrogens is 4. The molecular formula is C14H24IN7. The van der Waals surface area contributed by atoms with E-state index in [1.807, 2.05) is 38.0 Å². The lowest BCUT2D eigenvalue weighted by molar-refractivity contribution is 0.461. The number of aliphatic imine (C=N–C) groups is 1. The fourth-order valence-corrected chi connectivity index (χ4v) is 2.04. The Hall–Kier alpha value is -1.58. The maximum Gasteiger partial charge on any atom is 0.194 e. The van der Waals surface area contributed by atoms with Gasteiger partial charge in [0.2, 0.25) is 0 Å². The smallest absolute Gasteiger partial charge is 0.194 e.